The van der Waals surface area contributed by atoms with Gasteiger partial charge < -0.3 is 14.8 Å². The first-order valence-corrected chi connectivity index (χ1v) is 9.05. The molecule has 0 saturated carbocycles. The van der Waals surface area contributed by atoms with Crippen molar-refractivity contribution in [1.29, 1.82) is 0 Å². The lowest BCUT2D eigenvalue weighted by Crippen LogP contribution is -2.30. The van der Waals surface area contributed by atoms with Gasteiger partial charge in [0.25, 0.3) is 5.91 Å². The van der Waals surface area contributed by atoms with Crippen LogP contribution in [0.3, 0.4) is 0 Å². The molecule has 25 heavy (non-hydrogen) atoms. The van der Waals surface area contributed by atoms with Crippen molar-refractivity contribution in [2.24, 2.45) is 0 Å². The van der Waals surface area contributed by atoms with E-state index in [0.29, 0.717) is 11.4 Å². The van der Waals surface area contributed by atoms with E-state index in [2.05, 4.69) is 5.32 Å². The van der Waals surface area contributed by atoms with Crippen LogP contribution in [0.1, 0.15) is 17.3 Å². The van der Waals surface area contributed by atoms with E-state index in [4.69, 9.17) is 21.1 Å². The van der Waals surface area contributed by atoms with Crippen molar-refractivity contribution < 1.29 is 19.1 Å². The SMILES string of the molecule is COc1ccccc1NC(=O)[C@@H](C)OC(=O)c1cc(SC)ccc1Cl. The summed E-state index contributed by atoms with van der Waals surface area (Å²) in [5.74, 6) is -0.594. The third-order valence-corrected chi connectivity index (χ3v) is 4.47. The van der Waals surface area contributed by atoms with Gasteiger partial charge in [0.15, 0.2) is 6.10 Å². The quantitative estimate of drug-likeness (QED) is 0.600. The second-order valence-corrected chi connectivity index (χ2v) is 6.37. The van der Waals surface area contributed by atoms with Gasteiger partial charge in [0.2, 0.25) is 0 Å². The molecule has 0 aliphatic carbocycles. The zero-order valence-corrected chi connectivity index (χ0v) is 15.6. The van der Waals surface area contributed by atoms with Crippen LogP contribution < -0.4 is 10.1 Å². The van der Waals surface area contributed by atoms with E-state index in [0.717, 1.165) is 4.90 Å². The second-order valence-electron chi connectivity index (χ2n) is 5.08. The number of hydrogen-bond donors (Lipinski definition) is 1. The number of carbonyl (C=O) groups is 2. The molecule has 2 rings (SSSR count). The molecule has 0 saturated heterocycles. The molecule has 2 aromatic carbocycles. The Bertz CT molecular complexity index is 781. The molecule has 0 spiro atoms. The van der Waals surface area contributed by atoms with Crippen LogP contribution in [0.2, 0.25) is 5.02 Å². The molecule has 5 nitrogen and oxygen atoms in total. The molecule has 1 atom stereocenters. The van der Waals surface area contributed by atoms with Crippen LogP contribution >= 0.6 is 23.4 Å². The smallest absolute Gasteiger partial charge is 0.340 e. The van der Waals surface area contributed by atoms with Crippen LogP contribution in [-0.2, 0) is 9.53 Å². The van der Waals surface area contributed by atoms with Gasteiger partial charge in [-0.05, 0) is 43.5 Å². The van der Waals surface area contributed by atoms with Gasteiger partial charge in [0, 0.05) is 4.90 Å². The number of amides is 1. The maximum Gasteiger partial charge on any atom is 0.340 e. The highest BCUT2D eigenvalue weighted by molar-refractivity contribution is 7.98. The number of hydrogen-bond acceptors (Lipinski definition) is 5. The van der Waals surface area contributed by atoms with Gasteiger partial charge in [-0.3, -0.25) is 4.79 Å². The monoisotopic (exact) mass is 379 g/mol. The zero-order valence-electron chi connectivity index (χ0n) is 14.0. The van der Waals surface area contributed by atoms with Gasteiger partial charge in [0.05, 0.1) is 23.4 Å². The molecular formula is C18H18ClNO4S. The Morgan fingerprint density at radius 2 is 1.92 bits per heavy atom. The van der Waals surface area contributed by atoms with Crippen molar-refractivity contribution in [1.82, 2.24) is 0 Å². The van der Waals surface area contributed by atoms with Crippen molar-refractivity contribution in [3.63, 3.8) is 0 Å². The maximum absolute atomic E-state index is 12.3. The van der Waals surface area contributed by atoms with Crippen LogP contribution in [-0.4, -0.2) is 31.3 Å². The van der Waals surface area contributed by atoms with E-state index >= 15 is 0 Å². The molecule has 0 aliphatic rings. The van der Waals surface area contributed by atoms with Crippen LogP contribution in [0.5, 0.6) is 5.75 Å². The summed E-state index contributed by atoms with van der Waals surface area (Å²) in [5.41, 5.74) is 0.728. The predicted molar refractivity (Wildman–Crippen MR) is 99.7 cm³/mol. The number of carbonyl (C=O) groups excluding carboxylic acids is 2. The molecule has 0 aromatic heterocycles. The molecule has 132 valence electrons. The molecule has 0 aliphatic heterocycles. The van der Waals surface area contributed by atoms with E-state index in [1.807, 2.05) is 12.3 Å². The average molecular weight is 380 g/mol. The lowest BCUT2D eigenvalue weighted by Gasteiger charge is -2.15. The lowest BCUT2D eigenvalue weighted by molar-refractivity contribution is -0.123. The van der Waals surface area contributed by atoms with Gasteiger partial charge in [0.1, 0.15) is 5.75 Å². The van der Waals surface area contributed by atoms with Crippen molar-refractivity contribution in [3.05, 3.63) is 53.1 Å². The summed E-state index contributed by atoms with van der Waals surface area (Å²) in [5, 5.41) is 2.95. The van der Waals surface area contributed by atoms with E-state index in [-0.39, 0.29) is 10.6 Å². The fraction of sp³-hybridized carbons (Fsp3) is 0.222. The van der Waals surface area contributed by atoms with Crippen LogP contribution in [0.4, 0.5) is 5.69 Å². The molecule has 0 heterocycles. The van der Waals surface area contributed by atoms with Gasteiger partial charge in [-0.15, -0.1) is 11.8 Å². The van der Waals surface area contributed by atoms with Gasteiger partial charge in [-0.2, -0.15) is 0 Å². The first-order valence-electron chi connectivity index (χ1n) is 7.44. The third kappa shape index (κ3) is 4.90. The number of esters is 1. The lowest BCUT2D eigenvalue weighted by atomic mass is 10.2. The van der Waals surface area contributed by atoms with E-state index in [1.165, 1.54) is 25.8 Å². The first kappa shape index (κ1) is 19.1. The normalized spacial score (nSPS) is 11.5. The summed E-state index contributed by atoms with van der Waals surface area (Å²) in [7, 11) is 1.51. The minimum atomic E-state index is -0.994. The van der Waals surface area contributed by atoms with Crippen molar-refractivity contribution in [2.45, 2.75) is 17.9 Å². The fourth-order valence-electron chi connectivity index (χ4n) is 2.05. The van der Waals surface area contributed by atoms with Crippen molar-refractivity contribution >= 4 is 40.9 Å². The number of methoxy groups -OCH3 is 1. The van der Waals surface area contributed by atoms with Gasteiger partial charge in [-0.1, -0.05) is 23.7 Å². The molecule has 7 heteroatoms. The Kier molecular flexibility index (Phi) is 6.73. The summed E-state index contributed by atoms with van der Waals surface area (Å²) < 4.78 is 10.4. The third-order valence-electron chi connectivity index (χ3n) is 3.41. The molecule has 0 bridgehead atoms. The molecule has 1 N–H and O–H groups in total. The molecule has 0 fully saturated rings. The number of rotatable bonds is 6. The highest BCUT2D eigenvalue weighted by Gasteiger charge is 2.21. The average Bonchev–Trinajstić information content (AvgIpc) is 2.62. The van der Waals surface area contributed by atoms with E-state index < -0.39 is 18.0 Å². The van der Waals surface area contributed by atoms with E-state index in [1.54, 1.807) is 36.4 Å². The minimum Gasteiger partial charge on any atom is -0.495 e. The summed E-state index contributed by atoms with van der Waals surface area (Å²) in [4.78, 5) is 25.5. The van der Waals surface area contributed by atoms with Crippen LogP contribution in [0, 0.1) is 0 Å². The molecule has 0 radical (unpaired) electrons. The standard InChI is InChI=1S/C18H18ClNO4S/c1-11(17(21)20-15-6-4-5-7-16(15)23-2)24-18(22)13-10-12(25-3)8-9-14(13)19/h4-11H,1-3H3,(H,20,21)/t11-/m1/s1. The maximum atomic E-state index is 12.3. The Morgan fingerprint density at radius 3 is 2.60 bits per heavy atom. The Hall–Kier alpha value is -2.18. The number of halogens is 1. The Morgan fingerprint density at radius 1 is 1.20 bits per heavy atom. The number of benzene rings is 2. The zero-order chi connectivity index (χ0) is 18.4. The highest BCUT2D eigenvalue weighted by Crippen LogP contribution is 2.25. The Labute approximate surface area is 155 Å². The number of thioether (sulfide) groups is 1. The summed E-state index contributed by atoms with van der Waals surface area (Å²) >= 11 is 7.53. The van der Waals surface area contributed by atoms with Crippen LogP contribution in [0.15, 0.2) is 47.4 Å². The Balaban J connectivity index is 2.07. The van der Waals surface area contributed by atoms with E-state index in [9.17, 15) is 9.59 Å². The fourth-order valence-corrected chi connectivity index (χ4v) is 2.68. The first-order chi connectivity index (χ1) is 12.0. The summed E-state index contributed by atoms with van der Waals surface area (Å²) in [6, 6.07) is 12.1. The molecule has 1 amide bonds. The number of anilines is 1. The molecular weight excluding hydrogens is 362 g/mol. The minimum absolute atomic E-state index is 0.227. The predicted octanol–water partition coefficient (Wildman–Crippen LogP) is 4.25. The van der Waals surface area contributed by atoms with Gasteiger partial charge >= 0.3 is 5.97 Å². The number of nitrogens with one attached hydrogen (secondary N) is 1. The van der Waals surface area contributed by atoms with Crippen molar-refractivity contribution in [2.75, 3.05) is 18.7 Å². The topological polar surface area (TPSA) is 64.6 Å². The highest BCUT2D eigenvalue weighted by atomic mass is 35.5. The van der Waals surface area contributed by atoms with Crippen LogP contribution in [0.25, 0.3) is 0 Å². The molecule has 2 aromatic rings. The summed E-state index contributed by atoms with van der Waals surface area (Å²) in [6.07, 6.45) is 0.896. The second kappa shape index (κ2) is 8.78. The summed E-state index contributed by atoms with van der Waals surface area (Å²) in [6.45, 7) is 1.50. The van der Waals surface area contributed by atoms with Crippen molar-refractivity contribution in [3.8, 4) is 5.75 Å². The number of para-hydroxylation sites is 2. The number of ether oxygens (including phenoxy) is 2. The largest absolute Gasteiger partial charge is 0.495 e. The van der Waals surface area contributed by atoms with Gasteiger partial charge in [-0.25, -0.2) is 4.79 Å². The molecule has 0 unspecified atom stereocenters.